The van der Waals surface area contributed by atoms with Crippen LogP contribution in [-0.2, 0) is 6.42 Å². The molecule has 0 radical (unpaired) electrons. The Morgan fingerprint density at radius 3 is 1.83 bits per heavy atom. The van der Waals surface area contributed by atoms with Crippen LogP contribution in [0.2, 0.25) is 0 Å². The predicted octanol–water partition coefficient (Wildman–Crippen LogP) is 11.3. The van der Waals surface area contributed by atoms with Gasteiger partial charge in [-0.2, -0.15) is 0 Å². The topological polar surface area (TPSA) is 21.9 Å². The Balaban J connectivity index is 1.32. The minimum Gasteiger partial charge on any atom is -0.355 e. The Morgan fingerprint density at radius 1 is 0.500 bits per heavy atom. The summed E-state index contributed by atoms with van der Waals surface area (Å²) >= 11 is 0. The fourth-order valence-electron chi connectivity index (χ4n) is 7.15. The molecule has 0 aliphatic heterocycles. The first-order chi connectivity index (χ1) is 22.8. The second kappa shape index (κ2) is 10.8. The van der Waals surface area contributed by atoms with E-state index in [1.54, 1.807) is 0 Å². The molecule has 0 atom stereocenters. The highest BCUT2D eigenvalue weighted by atomic mass is 15.0. The molecule has 218 valence electrons. The van der Waals surface area contributed by atoms with Crippen molar-refractivity contribution in [3.05, 3.63) is 175 Å². The number of aromatic nitrogens is 2. The van der Waals surface area contributed by atoms with Crippen LogP contribution in [0, 0.1) is 0 Å². The lowest BCUT2D eigenvalue weighted by Gasteiger charge is -2.18. The van der Waals surface area contributed by atoms with Crippen molar-refractivity contribution in [3.63, 3.8) is 0 Å². The maximum Gasteiger partial charge on any atom is 0.0541 e. The molecular formula is C43H31N3. The van der Waals surface area contributed by atoms with Crippen molar-refractivity contribution in [1.29, 1.82) is 0 Å². The SMILES string of the molecule is C1=CCc2c(n(-c3cc(Nc4ccccc4-c4ccccc4)cc(-n4c5ccccc5c5ccccc54)c3)c3ccccc23)C=C1. The predicted molar refractivity (Wildman–Crippen MR) is 195 cm³/mol. The quantitative estimate of drug-likeness (QED) is 0.212. The van der Waals surface area contributed by atoms with Crippen LogP contribution in [-0.4, -0.2) is 9.13 Å². The first kappa shape index (κ1) is 26.4. The molecule has 2 aromatic heterocycles. The molecule has 0 spiro atoms. The Kier molecular flexibility index (Phi) is 6.20. The molecule has 0 fully saturated rings. The monoisotopic (exact) mass is 589 g/mol. The van der Waals surface area contributed by atoms with Crippen LogP contribution < -0.4 is 5.32 Å². The molecule has 3 heteroatoms. The lowest BCUT2D eigenvalue weighted by Crippen LogP contribution is -2.03. The van der Waals surface area contributed by atoms with E-state index in [1.807, 2.05) is 0 Å². The molecular weight excluding hydrogens is 558 g/mol. The highest BCUT2D eigenvalue weighted by Gasteiger charge is 2.19. The number of benzene rings is 6. The van der Waals surface area contributed by atoms with Gasteiger partial charge >= 0.3 is 0 Å². The summed E-state index contributed by atoms with van der Waals surface area (Å²) in [5, 5.41) is 7.65. The second-order valence-corrected chi connectivity index (χ2v) is 11.9. The summed E-state index contributed by atoms with van der Waals surface area (Å²) in [5.74, 6) is 0. The lowest BCUT2D eigenvalue weighted by molar-refractivity contribution is 1.07. The molecule has 6 aromatic carbocycles. The minimum absolute atomic E-state index is 0.901. The lowest BCUT2D eigenvalue weighted by atomic mass is 10.0. The Bertz CT molecular complexity index is 2420. The van der Waals surface area contributed by atoms with Gasteiger partial charge in [-0.15, -0.1) is 0 Å². The number of nitrogens with zero attached hydrogens (tertiary/aromatic N) is 2. The first-order valence-corrected chi connectivity index (χ1v) is 15.8. The molecule has 2 heterocycles. The molecule has 46 heavy (non-hydrogen) atoms. The highest BCUT2D eigenvalue weighted by Crippen LogP contribution is 2.38. The number of allylic oxidation sites excluding steroid dienone is 3. The van der Waals surface area contributed by atoms with Gasteiger partial charge in [0.05, 0.1) is 33.6 Å². The van der Waals surface area contributed by atoms with E-state index >= 15 is 0 Å². The van der Waals surface area contributed by atoms with E-state index in [0.717, 1.165) is 29.2 Å². The standard InChI is InChI=1S/C43H31N3/c1-3-15-30(16-4-1)34-17-7-11-22-39(34)44-31-27-32(45-40-23-6-2-5-18-35(40)36-19-8-12-24-41(36)45)29-33(28-31)46-42-25-13-9-20-37(42)38-21-10-14-26-43(38)46/h1-17,19-29,44H,18H2. The Labute approximate surface area is 268 Å². The van der Waals surface area contributed by atoms with Crippen LogP contribution >= 0.6 is 0 Å². The van der Waals surface area contributed by atoms with Crippen LogP contribution in [0.15, 0.2) is 164 Å². The summed E-state index contributed by atoms with van der Waals surface area (Å²) in [7, 11) is 0. The molecule has 0 unspecified atom stereocenters. The largest absolute Gasteiger partial charge is 0.355 e. The van der Waals surface area contributed by atoms with Crippen LogP contribution in [0.4, 0.5) is 11.4 Å². The van der Waals surface area contributed by atoms with Gasteiger partial charge in [0.15, 0.2) is 0 Å². The van der Waals surface area contributed by atoms with E-state index < -0.39 is 0 Å². The zero-order valence-corrected chi connectivity index (χ0v) is 25.3. The van der Waals surface area contributed by atoms with Crippen LogP contribution in [0.5, 0.6) is 0 Å². The molecule has 8 aromatic rings. The zero-order chi connectivity index (χ0) is 30.5. The van der Waals surface area contributed by atoms with Crippen molar-refractivity contribution in [2.75, 3.05) is 5.32 Å². The van der Waals surface area contributed by atoms with Gasteiger partial charge in [-0.1, -0.05) is 121 Å². The zero-order valence-electron chi connectivity index (χ0n) is 25.3. The van der Waals surface area contributed by atoms with Gasteiger partial charge in [-0.05, 0) is 66.1 Å². The number of anilines is 2. The third-order valence-electron chi connectivity index (χ3n) is 9.13. The maximum atomic E-state index is 3.86. The average Bonchev–Trinajstić information content (AvgIpc) is 3.49. The minimum atomic E-state index is 0.901. The van der Waals surface area contributed by atoms with E-state index in [-0.39, 0.29) is 0 Å². The van der Waals surface area contributed by atoms with Gasteiger partial charge in [-0.3, -0.25) is 0 Å². The van der Waals surface area contributed by atoms with E-state index in [0.29, 0.717) is 0 Å². The third kappa shape index (κ3) is 4.28. The molecule has 0 amide bonds. The van der Waals surface area contributed by atoms with Gasteiger partial charge in [0.2, 0.25) is 0 Å². The summed E-state index contributed by atoms with van der Waals surface area (Å²) in [5.41, 5.74) is 12.8. The molecule has 0 bridgehead atoms. The number of fused-ring (bicyclic) bond motifs is 6. The van der Waals surface area contributed by atoms with Gasteiger partial charge < -0.3 is 14.5 Å². The van der Waals surface area contributed by atoms with Crippen molar-refractivity contribution >= 4 is 50.2 Å². The molecule has 3 nitrogen and oxygen atoms in total. The van der Waals surface area contributed by atoms with Crippen LogP contribution in [0.3, 0.4) is 0 Å². The molecule has 1 N–H and O–H groups in total. The fourth-order valence-corrected chi connectivity index (χ4v) is 7.15. The van der Waals surface area contributed by atoms with Gasteiger partial charge in [0.1, 0.15) is 0 Å². The van der Waals surface area contributed by atoms with Crippen LogP contribution in [0.1, 0.15) is 11.3 Å². The Morgan fingerprint density at radius 2 is 1.09 bits per heavy atom. The normalized spacial score (nSPS) is 12.5. The number of rotatable bonds is 5. The van der Waals surface area contributed by atoms with E-state index in [4.69, 9.17) is 0 Å². The van der Waals surface area contributed by atoms with Crippen molar-refractivity contribution in [3.8, 4) is 22.5 Å². The summed E-state index contributed by atoms with van der Waals surface area (Å²) < 4.78 is 4.84. The first-order valence-electron chi connectivity index (χ1n) is 15.8. The van der Waals surface area contributed by atoms with E-state index in [9.17, 15) is 0 Å². The van der Waals surface area contributed by atoms with Crippen LogP contribution in [0.25, 0.3) is 61.3 Å². The van der Waals surface area contributed by atoms with Crippen molar-refractivity contribution in [1.82, 2.24) is 9.13 Å². The second-order valence-electron chi connectivity index (χ2n) is 11.9. The summed E-state index contributed by atoms with van der Waals surface area (Å²) in [6, 6.07) is 52.3. The summed E-state index contributed by atoms with van der Waals surface area (Å²) in [4.78, 5) is 0. The number of hydrogen-bond donors (Lipinski definition) is 1. The van der Waals surface area contributed by atoms with Crippen molar-refractivity contribution in [2.45, 2.75) is 6.42 Å². The maximum absolute atomic E-state index is 3.86. The van der Waals surface area contributed by atoms with Gasteiger partial charge in [0.25, 0.3) is 0 Å². The Hall–Kier alpha value is -6.06. The smallest absolute Gasteiger partial charge is 0.0541 e. The molecule has 0 saturated heterocycles. The summed E-state index contributed by atoms with van der Waals surface area (Å²) in [6.45, 7) is 0. The van der Waals surface area contributed by atoms with Crippen molar-refractivity contribution in [2.24, 2.45) is 0 Å². The molecule has 9 rings (SSSR count). The van der Waals surface area contributed by atoms with Gasteiger partial charge in [-0.25, -0.2) is 0 Å². The number of hydrogen-bond acceptors (Lipinski definition) is 1. The summed E-state index contributed by atoms with van der Waals surface area (Å²) in [6.07, 6.45) is 9.72. The highest BCUT2D eigenvalue weighted by molar-refractivity contribution is 6.09. The number of nitrogens with one attached hydrogen (secondary N) is 1. The molecule has 0 saturated carbocycles. The fraction of sp³-hybridized carbons (Fsp3) is 0.0233. The third-order valence-corrected chi connectivity index (χ3v) is 9.13. The average molecular weight is 590 g/mol. The number of para-hydroxylation sites is 4. The van der Waals surface area contributed by atoms with Crippen molar-refractivity contribution < 1.29 is 0 Å². The molecule has 1 aliphatic carbocycles. The van der Waals surface area contributed by atoms with E-state index in [1.165, 1.54) is 55.1 Å². The van der Waals surface area contributed by atoms with E-state index in [2.05, 4.69) is 184 Å². The molecule has 1 aliphatic rings. The van der Waals surface area contributed by atoms with Gasteiger partial charge in [0, 0.05) is 33.1 Å².